The Morgan fingerprint density at radius 2 is 2.31 bits per heavy atom. The first kappa shape index (κ1) is 13.5. The molecule has 0 aromatic rings. The molecule has 0 saturated carbocycles. The molecule has 2 unspecified atom stereocenters. The van der Waals surface area contributed by atoms with E-state index in [0.717, 1.165) is 32.5 Å². The minimum absolute atomic E-state index is 0.0537. The molecule has 94 valence electrons. The highest BCUT2D eigenvalue weighted by Crippen LogP contribution is 2.14. The summed E-state index contributed by atoms with van der Waals surface area (Å²) in [4.78, 5) is 14.2. The quantitative estimate of drug-likeness (QED) is 0.713. The van der Waals surface area contributed by atoms with E-state index < -0.39 is 0 Å². The van der Waals surface area contributed by atoms with E-state index in [9.17, 15) is 4.79 Å². The number of nitrogens with one attached hydrogen (secondary N) is 1. The third-order valence-electron chi connectivity index (χ3n) is 3.07. The van der Waals surface area contributed by atoms with Crippen molar-refractivity contribution < 1.29 is 9.53 Å². The second-order valence-corrected chi connectivity index (χ2v) is 4.35. The van der Waals surface area contributed by atoms with Gasteiger partial charge in [0.05, 0.1) is 6.61 Å². The lowest BCUT2D eigenvalue weighted by atomic mass is 10.1. The fourth-order valence-electron chi connectivity index (χ4n) is 2.25. The molecular weight excluding hydrogens is 204 g/mol. The average molecular weight is 228 g/mol. The molecule has 1 fully saturated rings. The van der Waals surface area contributed by atoms with Crippen LogP contribution in [0.3, 0.4) is 0 Å². The Labute approximate surface area is 98.3 Å². The SMILES string of the molecule is CCCC(C(=O)OCC)N1CCNCC1C. The Morgan fingerprint density at radius 3 is 2.88 bits per heavy atom. The minimum Gasteiger partial charge on any atom is -0.465 e. The number of esters is 1. The van der Waals surface area contributed by atoms with Crippen LogP contribution in [-0.4, -0.2) is 49.2 Å². The second-order valence-electron chi connectivity index (χ2n) is 4.35. The maximum atomic E-state index is 11.9. The summed E-state index contributed by atoms with van der Waals surface area (Å²) in [5.74, 6) is -0.0573. The van der Waals surface area contributed by atoms with Crippen molar-refractivity contribution in [2.75, 3.05) is 26.2 Å². The van der Waals surface area contributed by atoms with Crippen LogP contribution in [0, 0.1) is 0 Å². The summed E-state index contributed by atoms with van der Waals surface area (Å²) in [7, 11) is 0. The monoisotopic (exact) mass is 228 g/mol. The average Bonchev–Trinajstić information content (AvgIpc) is 2.27. The van der Waals surface area contributed by atoms with Gasteiger partial charge in [-0.15, -0.1) is 0 Å². The molecule has 1 rings (SSSR count). The van der Waals surface area contributed by atoms with E-state index in [0.29, 0.717) is 12.6 Å². The number of piperazine rings is 1. The zero-order chi connectivity index (χ0) is 12.0. The van der Waals surface area contributed by atoms with Crippen LogP contribution in [0.25, 0.3) is 0 Å². The molecule has 2 atom stereocenters. The van der Waals surface area contributed by atoms with E-state index in [4.69, 9.17) is 4.74 Å². The summed E-state index contributed by atoms with van der Waals surface area (Å²) in [6.07, 6.45) is 1.91. The van der Waals surface area contributed by atoms with Crippen LogP contribution in [0.5, 0.6) is 0 Å². The van der Waals surface area contributed by atoms with E-state index in [1.165, 1.54) is 0 Å². The van der Waals surface area contributed by atoms with Gasteiger partial charge in [-0.1, -0.05) is 13.3 Å². The number of nitrogens with zero attached hydrogens (tertiary/aromatic N) is 1. The van der Waals surface area contributed by atoms with Crippen molar-refractivity contribution in [1.82, 2.24) is 10.2 Å². The fourth-order valence-corrected chi connectivity index (χ4v) is 2.25. The van der Waals surface area contributed by atoms with Crippen LogP contribution in [-0.2, 0) is 9.53 Å². The molecule has 0 aliphatic carbocycles. The Kier molecular flexibility index (Phi) is 5.77. The Balaban J connectivity index is 2.63. The molecule has 16 heavy (non-hydrogen) atoms. The zero-order valence-electron chi connectivity index (χ0n) is 10.7. The predicted octanol–water partition coefficient (Wildman–Crippen LogP) is 1.01. The van der Waals surface area contributed by atoms with Gasteiger partial charge in [0.25, 0.3) is 0 Å². The van der Waals surface area contributed by atoms with Gasteiger partial charge >= 0.3 is 5.97 Å². The largest absolute Gasteiger partial charge is 0.465 e. The molecule has 4 heteroatoms. The van der Waals surface area contributed by atoms with Crippen molar-refractivity contribution in [3.63, 3.8) is 0 Å². The molecule has 0 amide bonds. The molecule has 1 N–H and O–H groups in total. The van der Waals surface area contributed by atoms with Gasteiger partial charge < -0.3 is 10.1 Å². The van der Waals surface area contributed by atoms with Crippen molar-refractivity contribution in [1.29, 1.82) is 0 Å². The van der Waals surface area contributed by atoms with Gasteiger partial charge in [0, 0.05) is 25.7 Å². The standard InChI is InChI=1S/C12H24N2O2/c1-4-6-11(12(15)16-5-2)14-8-7-13-9-10(14)3/h10-11,13H,4-9H2,1-3H3. The summed E-state index contributed by atoms with van der Waals surface area (Å²) in [5.41, 5.74) is 0. The van der Waals surface area contributed by atoms with Gasteiger partial charge in [0.2, 0.25) is 0 Å². The number of carbonyl (C=O) groups excluding carboxylic acids is 1. The van der Waals surface area contributed by atoms with Crippen molar-refractivity contribution >= 4 is 5.97 Å². The smallest absolute Gasteiger partial charge is 0.323 e. The number of ether oxygens (including phenoxy) is 1. The van der Waals surface area contributed by atoms with E-state index in [2.05, 4.69) is 24.1 Å². The van der Waals surface area contributed by atoms with Crippen LogP contribution < -0.4 is 5.32 Å². The third kappa shape index (κ3) is 3.46. The molecule has 0 aromatic carbocycles. The van der Waals surface area contributed by atoms with Gasteiger partial charge in [-0.2, -0.15) is 0 Å². The molecule has 1 aliphatic heterocycles. The van der Waals surface area contributed by atoms with Crippen molar-refractivity contribution in [2.45, 2.75) is 45.7 Å². The van der Waals surface area contributed by atoms with Crippen LogP contribution in [0.1, 0.15) is 33.6 Å². The van der Waals surface area contributed by atoms with Gasteiger partial charge in [-0.25, -0.2) is 0 Å². The maximum absolute atomic E-state index is 11.9. The van der Waals surface area contributed by atoms with E-state index >= 15 is 0 Å². The topological polar surface area (TPSA) is 41.6 Å². The first-order chi connectivity index (χ1) is 7.70. The van der Waals surface area contributed by atoms with E-state index in [-0.39, 0.29) is 12.0 Å². The van der Waals surface area contributed by atoms with E-state index in [1.54, 1.807) is 0 Å². The zero-order valence-corrected chi connectivity index (χ0v) is 10.7. The van der Waals surface area contributed by atoms with Gasteiger partial charge in [-0.05, 0) is 20.3 Å². The highest BCUT2D eigenvalue weighted by molar-refractivity contribution is 5.75. The summed E-state index contributed by atoms with van der Waals surface area (Å²) in [5, 5.41) is 3.34. The molecule has 1 heterocycles. The number of carbonyl (C=O) groups is 1. The summed E-state index contributed by atoms with van der Waals surface area (Å²) in [6, 6.07) is 0.358. The van der Waals surface area contributed by atoms with Crippen LogP contribution in [0.4, 0.5) is 0 Å². The molecular formula is C12H24N2O2. The lowest BCUT2D eigenvalue weighted by Crippen LogP contribution is -2.56. The molecule has 1 saturated heterocycles. The molecule has 1 aliphatic rings. The van der Waals surface area contributed by atoms with E-state index in [1.807, 2.05) is 6.92 Å². The predicted molar refractivity (Wildman–Crippen MR) is 64.4 cm³/mol. The lowest BCUT2D eigenvalue weighted by molar-refractivity contribution is -0.151. The van der Waals surface area contributed by atoms with Gasteiger partial charge in [0.15, 0.2) is 0 Å². The highest BCUT2D eigenvalue weighted by Gasteiger charge is 2.31. The first-order valence-electron chi connectivity index (χ1n) is 6.33. The van der Waals surface area contributed by atoms with Crippen molar-refractivity contribution in [3.8, 4) is 0 Å². The number of hydrogen-bond donors (Lipinski definition) is 1. The maximum Gasteiger partial charge on any atom is 0.323 e. The van der Waals surface area contributed by atoms with Gasteiger partial charge in [0.1, 0.15) is 6.04 Å². The number of hydrogen-bond acceptors (Lipinski definition) is 4. The second kappa shape index (κ2) is 6.86. The first-order valence-corrected chi connectivity index (χ1v) is 6.33. The number of rotatable bonds is 5. The summed E-state index contributed by atoms with van der Waals surface area (Å²) < 4.78 is 5.16. The van der Waals surface area contributed by atoms with Crippen molar-refractivity contribution in [2.24, 2.45) is 0 Å². The Hall–Kier alpha value is -0.610. The summed E-state index contributed by atoms with van der Waals surface area (Å²) in [6.45, 7) is 9.46. The van der Waals surface area contributed by atoms with Crippen LogP contribution >= 0.6 is 0 Å². The molecule has 0 aromatic heterocycles. The minimum atomic E-state index is -0.0573. The summed E-state index contributed by atoms with van der Waals surface area (Å²) >= 11 is 0. The molecule has 0 bridgehead atoms. The van der Waals surface area contributed by atoms with Crippen LogP contribution in [0.15, 0.2) is 0 Å². The van der Waals surface area contributed by atoms with Crippen LogP contribution in [0.2, 0.25) is 0 Å². The highest BCUT2D eigenvalue weighted by atomic mass is 16.5. The fraction of sp³-hybridized carbons (Fsp3) is 0.917. The lowest BCUT2D eigenvalue weighted by Gasteiger charge is -2.38. The van der Waals surface area contributed by atoms with Gasteiger partial charge in [-0.3, -0.25) is 9.69 Å². The molecule has 0 radical (unpaired) electrons. The molecule has 0 spiro atoms. The van der Waals surface area contributed by atoms with Crippen molar-refractivity contribution in [3.05, 3.63) is 0 Å². The Morgan fingerprint density at radius 1 is 1.56 bits per heavy atom. The normalized spacial score (nSPS) is 24.1. The molecule has 4 nitrogen and oxygen atoms in total. The Bertz CT molecular complexity index is 221. The third-order valence-corrected chi connectivity index (χ3v) is 3.07.